The number of nitrogens with one attached hydrogen (secondary N) is 1. The number of ether oxygens (including phenoxy) is 2. The van der Waals surface area contributed by atoms with Crippen LogP contribution >= 0.6 is 0 Å². The van der Waals surface area contributed by atoms with E-state index in [2.05, 4.69) is 15.2 Å². The highest BCUT2D eigenvalue weighted by molar-refractivity contribution is 5.51. The van der Waals surface area contributed by atoms with E-state index in [1.165, 1.54) is 4.57 Å². The molecule has 1 aliphatic carbocycles. The summed E-state index contributed by atoms with van der Waals surface area (Å²) >= 11 is 0. The summed E-state index contributed by atoms with van der Waals surface area (Å²) in [6.07, 6.45) is 4.95. The van der Waals surface area contributed by atoms with Crippen molar-refractivity contribution in [2.24, 2.45) is 7.05 Å². The molecular formula is C15H24N4O3. The Balaban J connectivity index is 1.74. The summed E-state index contributed by atoms with van der Waals surface area (Å²) in [5.74, 6) is 1.18. The third-order valence-corrected chi connectivity index (χ3v) is 4.28. The van der Waals surface area contributed by atoms with Gasteiger partial charge in [-0.3, -0.25) is 4.57 Å². The summed E-state index contributed by atoms with van der Waals surface area (Å²) < 4.78 is 13.5. The Bertz CT molecular complexity index is 587. The van der Waals surface area contributed by atoms with Gasteiger partial charge in [0.25, 0.3) is 0 Å². The SMILES string of the molecule is CN(C)CCOC1CCCC2Oc3cn(C)c(=O)nc3NC12. The molecule has 1 N–H and O–H groups in total. The lowest BCUT2D eigenvalue weighted by Crippen LogP contribution is -2.53. The summed E-state index contributed by atoms with van der Waals surface area (Å²) in [7, 11) is 5.75. The van der Waals surface area contributed by atoms with Crippen molar-refractivity contribution < 1.29 is 9.47 Å². The van der Waals surface area contributed by atoms with Gasteiger partial charge in [-0.2, -0.15) is 4.98 Å². The average molecular weight is 308 g/mol. The fourth-order valence-electron chi connectivity index (χ4n) is 3.04. The molecule has 0 spiro atoms. The van der Waals surface area contributed by atoms with Gasteiger partial charge < -0.3 is 19.7 Å². The van der Waals surface area contributed by atoms with E-state index in [1.54, 1.807) is 13.2 Å². The first-order valence-electron chi connectivity index (χ1n) is 7.82. The Labute approximate surface area is 130 Å². The predicted octanol–water partition coefficient (Wildman–Crippen LogP) is 0.452. The van der Waals surface area contributed by atoms with Gasteiger partial charge in [-0.25, -0.2) is 4.79 Å². The molecule has 1 fully saturated rings. The maximum Gasteiger partial charge on any atom is 0.349 e. The topological polar surface area (TPSA) is 68.6 Å². The number of hydrogen-bond acceptors (Lipinski definition) is 6. The second-order valence-electron chi connectivity index (χ2n) is 6.32. The molecule has 0 aromatic carbocycles. The molecule has 3 rings (SSSR count). The summed E-state index contributed by atoms with van der Waals surface area (Å²) in [4.78, 5) is 17.9. The monoisotopic (exact) mass is 308 g/mol. The average Bonchev–Trinajstić information content (AvgIpc) is 2.47. The molecule has 3 unspecified atom stereocenters. The lowest BCUT2D eigenvalue weighted by atomic mass is 9.88. The lowest BCUT2D eigenvalue weighted by molar-refractivity contribution is -0.0258. The maximum absolute atomic E-state index is 11.7. The van der Waals surface area contributed by atoms with Crippen molar-refractivity contribution in [3.8, 4) is 5.75 Å². The van der Waals surface area contributed by atoms with E-state index in [0.29, 0.717) is 18.2 Å². The van der Waals surface area contributed by atoms with Gasteiger partial charge in [0.05, 0.1) is 24.9 Å². The molecule has 2 heterocycles. The van der Waals surface area contributed by atoms with E-state index >= 15 is 0 Å². The number of aryl methyl sites for hydroxylation is 1. The van der Waals surface area contributed by atoms with Crippen LogP contribution in [-0.2, 0) is 11.8 Å². The van der Waals surface area contributed by atoms with Crippen LogP contribution in [0.4, 0.5) is 5.82 Å². The Morgan fingerprint density at radius 3 is 3.09 bits per heavy atom. The maximum atomic E-state index is 11.7. The van der Waals surface area contributed by atoms with E-state index in [9.17, 15) is 4.79 Å². The molecule has 7 nitrogen and oxygen atoms in total. The summed E-state index contributed by atoms with van der Waals surface area (Å²) in [5, 5.41) is 3.37. The fourth-order valence-corrected chi connectivity index (χ4v) is 3.04. The standard InChI is InChI=1S/C15H24N4O3/c1-18(2)7-8-21-10-5-4-6-11-13(10)16-14-12(22-11)9-19(3)15(20)17-14/h9-11,13H,4-8H2,1-3H3,(H,16,17,20). The summed E-state index contributed by atoms with van der Waals surface area (Å²) in [5.41, 5.74) is -0.283. The predicted molar refractivity (Wildman–Crippen MR) is 83.4 cm³/mol. The third kappa shape index (κ3) is 3.10. The van der Waals surface area contributed by atoms with Crippen LogP contribution in [0.2, 0.25) is 0 Å². The van der Waals surface area contributed by atoms with Crippen molar-refractivity contribution in [3.63, 3.8) is 0 Å². The molecule has 0 bridgehead atoms. The van der Waals surface area contributed by atoms with Crippen molar-refractivity contribution in [3.05, 3.63) is 16.7 Å². The third-order valence-electron chi connectivity index (χ3n) is 4.28. The molecule has 122 valence electrons. The van der Waals surface area contributed by atoms with E-state index < -0.39 is 0 Å². The molecule has 0 radical (unpaired) electrons. The van der Waals surface area contributed by atoms with Gasteiger partial charge in [0.2, 0.25) is 0 Å². The summed E-state index contributed by atoms with van der Waals surface area (Å²) in [6.45, 7) is 1.59. The number of anilines is 1. The van der Waals surface area contributed by atoms with Gasteiger partial charge in [-0.15, -0.1) is 0 Å². The molecule has 3 atom stereocenters. The minimum Gasteiger partial charge on any atom is -0.483 e. The van der Waals surface area contributed by atoms with Gasteiger partial charge >= 0.3 is 5.69 Å². The summed E-state index contributed by atoms with van der Waals surface area (Å²) in [6, 6.07) is 0.0584. The van der Waals surface area contributed by atoms with Crippen LogP contribution in [0.5, 0.6) is 5.75 Å². The van der Waals surface area contributed by atoms with Crippen LogP contribution in [0.25, 0.3) is 0 Å². The highest BCUT2D eigenvalue weighted by Crippen LogP contribution is 2.35. The van der Waals surface area contributed by atoms with Crippen molar-refractivity contribution in [1.29, 1.82) is 0 Å². The van der Waals surface area contributed by atoms with Crippen LogP contribution in [0.15, 0.2) is 11.0 Å². The zero-order valence-electron chi connectivity index (χ0n) is 13.4. The van der Waals surface area contributed by atoms with Gasteiger partial charge in [0.15, 0.2) is 11.6 Å². The molecule has 22 heavy (non-hydrogen) atoms. The fraction of sp³-hybridized carbons (Fsp3) is 0.733. The largest absolute Gasteiger partial charge is 0.483 e. The van der Waals surface area contributed by atoms with Crippen LogP contribution in [0, 0.1) is 0 Å². The number of nitrogens with zero attached hydrogens (tertiary/aromatic N) is 3. The van der Waals surface area contributed by atoms with Gasteiger partial charge in [0, 0.05) is 13.6 Å². The number of fused-ring (bicyclic) bond motifs is 2. The molecule has 1 aromatic heterocycles. The molecule has 1 aromatic rings. The van der Waals surface area contributed by atoms with E-state index in [0.717, 1.165) is 25.8 Å². The van der Waals surface area contributed by atoms with Crippen LogP contribution < -0.4 is 15.7 Å². The first kappa shape index (κ1) is 15.3. The van der Waals surface area contributed by atoms with Gasteiger partial charge in [-0.05, 0) is 33.4 Å². The molecule has 2 aliphatic rings. The van der Waals surface area contributed by atoms with Crippen LogP contribution in [-0.4, -0.2) is 59.9 Å². The highest BCUT2D eigenvalue weighted by atomic mass is 16.5. The molecular weight excluding hydrogens is 284 g/mol. The molecule has 7 heteroatoms. The number of likely N-dealkylation sites (N-methyl/N-ethyl adjacent to an activating group) is 1. The Morgan fingerprint density at radius 1 is 1.50 bits per heavy atom. The normalized spacial score (nSPS) is 26.8. The van der Waals surface area contributed by atoms with E-state index in [-0.39, 0.29) is 23.9 Å². The van der Waals surface area contributed by atoms with E-state index in [1.807, 2.05) is 14.1 Å². The second kappa shape index (κ2) is 6.26. The molecule has 0 amide bonds. The van der Waals surface area contributed by atoms with Crippen LogP contribution in [0.1, 0.15) is 19.3 Å². The first-order valence-corrected chi connectivity index (χ1v) is 7.82. The zero-order valence-corrected chi connectivity index (χ0v) is 13.4. The van der Waals surface area contributed by atoms with Crippen molar-refractivity contribution in [2.75, 3.05) is 32.6 Å². The molecule has 1 aliphatic heterocycles. The molecule has 1 saturated carbocycles. The van der Waals surface area contributed by atoms with Gasteiger partial charge in [0.1, 0.15) is 6.10 Å². The minimum atomic E-state index is -0.283. The Kier molecular flexibility index (Phi) is 4.35. The van der Waals surface area contributed by atoms with Crippen molar-refractivity contribution in [2.45, 2.75) is 37.5 Å². The van der Waals surface area contributed by atoms with Crippen molar-refractivity contribution >= 4 is 5.82 Å². The van der Waals surface area contributed by atoms with Crippen LogP contribution in [0.3, 0.4) is 0 Å². The number of rotatable bonds is 4. The minimum absolute atomic E-state index is 0.0584. The quantitative estimate of drug-likeness (QED) is 0.871. The lowest BCUT2D eigenvalue weighted by Gasteiger charge is -2.42. The second-order valence-corrected chi connectivity index (χ2v) is 6.32. The molecule has 0 saturated heterocycles. The Hall–Kier alpha value is -1.60. The zero-order chi connectivity index (χ0) is 15.7. The Morgan fingerprint density at radius 2 is 2.32 bits per heavy atom. The van der Waals surface area contributed by atoms with Crippen molar-refractivity contribution in [1.82, 2.24) is 14.5 Å². The van der Waals surface area contributed by atoms with Gasteiger partial charge in [-0.1, -0.05) is 0 Å². The number of aromatic nitrogens is 2. The number of hydrogen-bond donors (Lipinski definition) is 1. The first-order chi connectivity index (χ1) is 10.5. The van der Waals surface area contributed by atoms with E-state index in [4.69, 9.17) is 9.47 Å². The highest BCUT2D eigenvalue weighted by Gasteiger charge is 2.39. The smallest absolute Gasteiger partial charge is 0.349 e.